The van der Waals surface area contributed by atoms with E-state index in [4.69, 9.17) is 18.0 Å². The van der Waals surface area contributed by atoms with Crippen LogP contribution in [0.2, 0.25) is 5.02 Å². The van der Waals surface area contributed by atoms with Gasteiger partial charge in [0.15, 0.2) is 0 Å². The van der Waals surface area contributed by atoms with E-state index in [-0.39, 0.29) is 23.7 Å². The van der Waals surface area contributed by atoms with Crippen molar-refractivity contribution in [2.45, 2.75) is 44.3 Å². The molecule has 35 heavy (non-hydrogen) atoms. The van der Waals surface area contributed by atoms with Crippen molar-refractivity contribution in [2.75, 3.05) is 13.1 Å². The highest BCUT2D eigenvalue weighted by atomic mass is 35.5. The van der Waals surface area contributed by atoms with Crippen LogP contribution in [0.25, 0.3) is 10.9 Å². The summed E-state index contributed by atoms with van der Waals surface area (Å²) in [6.45, 7) is 9.54. The number of amides is 1. The molecule has 7 heteroatoms. The van der Waals surface area contributed by atoms with Crippen LogP contribution >= 0.6 is 11.6 Å². The first-order valence-electron chi connectivity index (χ1n) is 11.8. The predicted molar refractivity (Wildman–Crippen MR) is 139 cm³/mol. The van der Waals surface area contributed by atoms with E-state index in [0.29, 0.717) is 30.4 Å². The highest BCUT2D eigenvalue weighted by Gasteiger charge is 2.57. The maximum absolute atomic E-state index is 13.9. The van der Waals surface area contributed by atoms with E-state index in [2.05, 4.69) is 27.7 Å². The largest absolute Gasteiger partial charge is 0.508 e. The van der Waals surface area contributed by atoms with Crippen molar-refractivity contribution < 1.29 is 9.90 Å². The molecule has 1 fully saturated rings. The summed E-state index contributed by atoms with van der Waals surface area (Å²) in [5, 5.41) is 15.2. The fraction of sp³-hybridized carbons (Fsp3) is 0.321. The van der Waals surface area contributed by atoms with Crippen LogP contribution in [-0.2, 0) is 11.2 Å². The van der Waals surface area contributed by atoms with E-state index in [9.17, 15) is 9.90 Å². The number of benzene rings is 2. The first kappa shape index (κ1) is 23.3. The lowest BCUT2D eigenvalue weighted by Crippen LogP contribution is -2.52. The number of carbonyl (C=O) groups excluding carboxylic acids is 1. The van der Waals surface area contributed by atoms with E-state index in [0.717, 1.165) is 34.1 Å². The van der Waals surface area contributed by atoms with E-state index in [1.165, 1.54) is 0 Å². The fourth-order valence-electron chi connectivity index (χ4n) is 5.51. The first-order valence-corrected chi connectivity index (χ1v) is 12.2. The molecular formula is C28H29ClN4O2. The summed E-state index contributed by atoms with van der Waals surface area (Å²) >= 11 is 6.35. The number of carbonyl (C=O) groups is 1. The minimum absolute atomic E-state index is 0.0170. The Morgan fingerprint density at radius 2 is 2.17 bits per heavy atom. The van der Waals surface area contributed by atoms with Crippen molar-refractivity contribution in [1.29, 1.82) is 0 Å². The zero-order valence-electron chi connectivity index (χ0n) is 19.9. The number of phenolic OH excluding ortho intramolecular Hbond substituents is 1. The number of aromatic amines is 1. The molecule has 1 aromatic heterocycles. The Balaban J connectivity index is 1.58. The van der Waals surface area contributed by atoms with Crippen LogP contribution in [-0.4, -0.2) is 50.5 Å². The molecule has 0 radical (unpaired) electrons. The van der Waals surface area contributed by atoms with Gasteiger partial charge in [0.1, 0.15) is 17.1 Å². The molecular weight excluding hydrogens is 460 g/mol. The molecule has 3 heterocycles. The molecule has 2 aliphatic rings. The summed E-state index contributed by atoms with van der Waals surface area (Å²) in [5.74, 6) is 3.53. The Morgan fingerprint density at radius 1 is 1.37 bits per heavy atom. The van der Waals surface area contributed by atoms with Gasteiger partial charge in [0.2, 0.25) is 0 Å². The second-order valence-corrected chi connectivity index (χ2v) is 10.0. The lowest BCUT2D eigenvalue weighted by atomic mass is 9.81. The highest BCUT2D eigenvalue weighted by molar-refractivity contribution is 6.31. The molecule has 2 aromatic carbocycles. The number of fused-ring (bicyclic) bond motifs is 4. The van der Waals surface area contributed by atoms with Crippen molar-refractivity contribution >= 4 is 28.4 Å². The third-order valence-corrected chi connectivity index (χ3v) is 7.46. The highest BCUT2D eigenvalue weighted by Crippen LogP contribution is 2.51. The summed E-state index contributed by atoms with van der Waals surface area (Å²) in [6, 6.07) is 12.7. The second kappa shape index (κ2) is 8.67. The third-order valence-electron chi connectivity index (χ3n) is 7.23. The number of aromatic hydroxyl groups is 1. The average Bonchev–Trinajstić information content (AvgIpc) is 3.27. The Hall–Kier alpha value is -3.40. The Bertz CT molecular complexity index is 1370. The van der Waals surface area contributed by atoms with Crippen molar-refractivity contribution in [1.82, 2.24) is 20.1 Å². The summed E-state index contributed by atoms with van der Waals surface area (Å²) in [7, 11) is 0. The molecule has 2 aliphatic heterocycles. The van der Waals surface area contributed by atoms with E-state index in [1.54, 1.807) is 17.0 Å². The lowest BCUT2D eigenvalue weighted by molar-refractivity contribution is -0.133. The van der Waals surface area contributed by atoms with Gasteiger partial charge in [-0.05, 0) is 68.3 Å². The Morgan fingerprint density at radius 3 is 2.91 bits per heavy atom. The summed E-state index contributed by atoms with van der Waals surface area (Å²) < 4.78 is 0. The van der Waals surface area contributed by atoms with Crippen molar-refractivity contribution in [3.8, 4) is 18.1 Å². The molecule has 1 saturated heterocycles. The average molecular weight is 489 g/mol. The quantitative estimate of drug-likeness (QED) is 0.351. The maximum atomic E-state index is 13.9. The molecule has 6 nitrogen and oxygen atoms in total. The topological polar surface area (TPSA) is 71.6 Å². The minimum atomic E-state index is -0.822. The van der Waals surface area contributed by atoms with Gasteiger partial charge in [-0.1, -0.05) is 36.2 Å². The number of hydrogen-bond donors (Lipinski definition) is 3. The van der Waals surface area contributed by atoms with Gasteiger partial charge in [-0.2, -0.15) is 0 Å². The monoisotopic (exact) mass is 488 g/mol. The number of nitrogens with zero attached hydrogens (tertiary/aromatic N) is 2. The zero-order valence-corrected chi connectivity index (χ0v) is 20.7. The minimum Gasteiger partial charge on any atom is -0.508 e. The summed E-state index contributed by atoms with van der Waals surface area (Å²) in [5.41, 5.74) is 3.10. The van der Waals surface area contributed by atoms with Gasteiger partial charge in [-0.25, -0.2) is 0 Å². The molecule has 3 N–H and O–H groups in total. The molecule has 0 bridgehead atoms. The lowest BCUT2D eigenvalue weighted by Gasteiger charge is -2.44. The van der Waals surface area contributed by atoms with Crippen LogP contribution in [0, 0.1) is 12.3 Å². The maximum Gasteiger partial charge on any atom is 0.254 e. The van der Waals surface area contributed by atoms with Crippen LogP contribution in [0.4, 0.5) is 0 Å². The number of rotatable bonds is 6. The van der Waals surface area contributed by atoms with Crippen LogP contribution in [0.15, 0.2) is 54.9 Å². The van der Waals surface area contributed by atoms with Crippen LogP contribution < -0.4 is 5.32 Å². The van der Waals surface area contributed by atoms with Crippen molar-refractivity contribution in [3.05, 3.63) is 76.7 Å². The number of nitrogens with one attached hydrogen (secondary N) is 2. The number of hydrogen-bond acceptors (Lipinski definition) is 4. The van der Waals surface area contributed by atoms with Crippen LogP contribution in [0.3, 0.4) is 0 Å². The molecule has 3 atom stereocenters. The molecule has 1 amide bonds. The molecule has 0 aliphatic carbocycles. The van der Waals surface area contributed by atoms with Gasteiger partial charge in [-0.15, -0.1) is 6.42 Å². The number of halogens is 1. The predicted octanol–water partition coefficient (Wildman–Crippen LogP) is 4.55. The molecule has 1 unspecified atom stereocenters. The number of terminal acetylenes is 1. The molecule has 0 saturated carbocycles. The van der Waals surface area contributed by atoms with Gasteiger partial charge >= 0.3 is 0 Å². The van der Waals surface area contributed by atoms with Gasteiger partial charge in [-0.3, -0.25) is 9.69 Å². The molecule has 3 aromatic rings. The molecule has 0 spiro atoms. The van der Waals surface area contributed by atoms with Gasteiger partial charge in [0.05, 0.1) is 12.1 Å². The number of phenols is 1. The Kier molecular flexibility index (Phi) is 5.79. The second-order valence-electron chi connectivity index (χ2n) is 9.59. The SMILES string of the molecule is C#CC(C)NCCCN1C(=C)N2[C@H](c3cccc(O)c3)c3[nH]c4ccc(Cl)cc4c3C[C@@]2(C)C1=O. The fourth-order valence-corrected chi connectivity index (χ4v) is 5.69. The number of aromatic nitrogens is 1. The number of H-pyrrole nitrogens is 1. The van der Waals surface area contributed by atoms with Crippen molar-refractivity contribution in [3.63, 3.8) is 0 Å². The smallest absolute Gasteiger partial charge is 0.254 e. The van der Waals surface area contributed by atoms with E-state index in [1.807, 2.05) is 44.2 Å². The van der Waals surface area contributed by atoms with E-state index >= 15 is 0 Å². The van der Waals surface area contributed by atoms with Gasteiger partial charge in [0, 0.05) is 34.6 Å². The zero-order chi connectivity index (χ0) is 24.9. The normalized spacial score (nSPS) is 22.3. The van der Waals surface area contributed by atoms with Crippen molar-refractivity contribution in [2.24, 2.45) is 0 Å². The standard InChI is InChI=1S/C28H29ClN4O2/c1-5-17(2)30-12-7-13-32-18(3)33-26(19-8-6-9-21(34)14-19)25-23(16-28(33,4)27(32)35)22-15-20(29)10-11-24(22)31-25/h1,6,8-11,14-15,17,26,30-31,34H,3,7,12-13,16H2,2,4H3/t17?,26-,28+/m1/s1. The van der Waals surface area contributed by atoms with Crippen LogP contribution in [0.1, 0.15) is 43.1 Å². The van der Waals surface area contributed by atoms with E-state index < -0.39 is 5.54 Å². The molecule has 5 rings (SSSR count). The summed E-state index contributed by atoms with van der Waals surface area (Å²) in [4.78, 5) is 21.4. The Labute approximate surface area is 210 Å². The third kappa shape index (κ3) is 3.76. The first-order chi connectivity index (χ1) is 16.7. The summed E-state index contributed by atoms with van der Waals surface area (Å²) in [6.07, 6.45) is 6.73. The van der Waals surface area contributed by atoms with Gasteiger partial charge < -0.3 is 20.3 Å². The van der Waals surface area contributed by atoms with Crippen LogP contribution in [0.5, 0.6) is 5.75 Å². The molecule has 180 valence electrons. The van der Waals surface area contributed by atoms with Gasteiger partial charge in [0.25, 0.3) is 5.91 Å².